The molecule has 2 aromatic rings. The van der Waals surface area contributed by atoms with Crippen molar-refractivity contribution in [3.8, 4) is 0 Å². The lowest BCUT2D eigenvalue weighted by Gasteiger charge is -2.20. The van der Waals surface area contributed by atoms with Crippen LogP contribution in [0, 0.1) is 11.6 Å². The lowest BCUT2D eigenvalue weighted by Crippen LogP contribution is -2.24. The lowest BCUT2D eigenvalue weighted by molar-refractivity contribution is 0.498. The Balaban J connectivity index is 2.35. The largest absolute Gasteiger partial charge is 0.310 e. The Morgan fingerprint density at radius 2 is 2.00 bits per heavy atom. The van der Waals surface area contributed by atoms with Crippen LogP contribution in [0.3, 0.4) is 0 Å². The third-order valence-corrected chi connectivity index (χ3v) is 4.02. The molecular weight excluding hydrogens is 360 g/mol. The highest BCUT2D eigenvalue weighted by atomic mass is 79.9. The molecule has 1 nitrogen and oxygen atoms in total. The Hall–Kier alpha value is -0.970. The van der Waals surface area contributed by atoms with Gasteiger partial charge in [0.1, 0.15) is 11.6 Å². The van der Waals surface area contributed by atoms with E-state index in [9.17, 15) is 8.78 Å². The van der Waals surface area contributed by atoms with E-state index >= 15 is 0 Å². The summed E-state index contributed by atoms with van der Waals surface area (Å²) in [7, 11) is 0. The summed E-state index contributed by atoms with van der Waals surface area (Å²) in [5, 5.41) is 3.26. The molecule has 112 valence electrons. The number of hydrogen-bond acceptors (Lipinski definition) is 1. The predicted octanol–water partition coefficient (Wildman–Crippen LogP) is 5.27. The normalized spacial score (nSPS) is 12.4. The number of rotatable bonds is 5. The molecule has 0 bridgehead atoms. The van der Waals surface area contributed by atoms with Gasteiger partial charge in [-0.1, -0.05) is 46.6 Å². The van der Waals surface area contributed by atoms with Crippen molar-refractivity contribution in [3.63, 3.8) is 0 Å². The zero-order valence-corrected chi connectivity index (χ0v) is 13.8. The van der Waals surface area contributed by atoms with Crippen LogP contribution in [0.2, 0.25) is 5.02 Å². The molecule has 0 aliphatic carbocycles. The molecule has 2 aromatic carbocycles. The second kappa shape index (κ2) is 7.34. The maximum Gasteiger partial charge on any atom is 0.146 e. The van der Waals surface area contributed by atoms with Gasteiger partial charge in [0, 0.05) is 16.1 Å². The third-order valence-electron chi connectivity index (χ3n) is 3.24. The van der Waals surface area contributed by atoms with E-state index in [0.717, 1.165) is 4.47 Å². The summed E-state index contributed by atoms with van der Waals surface area (Å²) < 4.78 is 28.9. The zero-order valence-electron chi connectivity index (χ0n) is 11.5. The molecule has 5 heteroatoms. The van der Waals surface area contributed by atoms with Crippen LogP contribution in [0.25, 0.3) is 0 Å². The van der Waals surface area contributed by atoms with Gasteiger partial charge in [0.05, 0.1) is 5.02 Å². The van der Waals surface area contributed by atoms with Crippen LogP contribution < -0.4 is 5.32 Å². The Morgan fingerprint density at radius 1 is 1.24 bits per heavy atom. The highest BCUT2D eigenvalue weighted by Crippen LogP contribution is 2.27. The summed E-state index contributed by atoms with van der Waals surface area (Å²) in [5.41, 5.74) is 0.971. The van der Waals surface area contributed by atoms with Gasteiger partial charge in [-0.25, -0.2) is 8.78 Å². The van der Waals surface area contributed by atoms with E-state index in [0.29, 0.717) is 24.1 Å². The fourth-order valence-electron chi connectivity index (χ4n) is 2.25. The molecule has 0 radical (unpaired) electrons. The average molecular weight is 375 g/mol. The number of nitrogens with one attached hydrogen (secondary N) is 1. The number of benzene rings is 2. The van der Waals surface area contributed by atoms with Crippen LogP contribution in [0.1, 0.15) is 24.1 Å². The second-order valence-electron chi connectivity index (χ2n) is 4.69. The minimum Gasteiger partial charge on any atom is -0.310 e. The molecule has 1 unspecified atom stereocenters. The Kier molecular flexibility index (Phi) is 5.73. The fourth-order valence-corrected chi connectivity index (χ4v) is 2.84. The van der Waals surface area contributed by atoms with Crippen molar-refractivity contribution in [1.29, 1.82) is 0 Å². The van der Waals surface area contributed by atoms with Gasteiger partial charge < -0.3 is 5.32 Å². The topological polar surface area (TPSA) is 12.0 Å². The molecule has 0 saturated carbocycles. The minimum absolute atomic E-state index is 0.0742. The standard InChI is InChI=1S/C16H15BrClF2N/c1-2-21-15(12-4-3-5-13(18)16(12)20)9-10-8-11(17)6-7-14(10)19/h3-8,15,21H,2,9H2,1H3. The highest BCUT2D eigenvalue weighted by molar-refractivity contribution is 9.10. The third kappa shape index (κ3) is 4.02. The van der Waals surface area contributed by atoms with E-state index in [-0.39, 0.29) is 16.9 Å². The van der Waals surface area contributed by atoms with Crippen molar-refractivity contribution < 1.29 is 8.78 Å². The van der Waals surface area contributed by atoms with Crippen molar-refractivity contribution in [2.75, 3.05) is 6.54 Å². The van der Waals surface area contributed by atoms with E-state index in [1.54, 1.807) is 24.3 Å². The van der Waals surface area contributed by atoms with Crippen molar-refractivity contribution in [2.24, 2.45) is 0 Å². The summed E-state index contributed by atoms with van der Waals surface area (Å²) in [5.74, 6) is -0.760. The number of likely N-dealkylation sites (N-methyl/N-ethyl adjacent to an activating group) is 1. The quantitative estimate of drug-likeness (QED) is 0.751. The molecule has 0 amide bonds. The Bertz CT molecular complexity index is 634. The Morgan fingerprint density at radius 3 is 2.71 bits per heavy atom. The van der Waals surface area contributed by atoms with Crippen molar-refractivity contribution in [2.45, 2.75) is 19.4 Å². The summed E-state index contributed by atoms with van der Waals surface area (Å²) in [6.45, 7) is 2.57. The number of halogens is 4. The van der Waals surface area contributed by atoms with Crippen LogP contribution in [0.5, 0.6) is 0 Å². The first kappa shape index (κ1) is 16.4. The van der Waals surface area contributed by atoms with Crippen LogP contribution in [-0.2, 0) is 6.42 Å². The van der Waals surface area contributed by atoms with Gasteiger partial charge in [-0.2, -0.15) is 0 Å². The minimum atomic E-state index is -0.458. The van der Waals surface area contributed by atoms with Crippen LogP contribution in [-0.4, -0.2) is 6.54 Å². The van der Waals surface area contributed by atoms with Gasteiger partial charge in [-0.3, -0.25) is 0 Å². The first-order chi connectivity index (χ1) is 10.0. The smallest absolute Gasteiger partial charge is 0.146 e. The maximum atomic E-state index is 14.2. The van der Waals surface area contributed by atoms with Gasteiger partial charge in [0.2, 0.25) is 0 Å². The monoisotopic (exact) mass is 373 g/mol. The average Bonchev–Trinajstić information content (AvgIpc) is 2.45. The molecule has 0 fully saturated rings. The van der Waals surface area contributed by atoms with Crippen LogP contribution in [0.4, 0.5) is 8.78 Å². The van der Waals surface area contributed by atoms with Crippen LogP contribution >= 0.6 is 27.5 Å². The molecule has 0 spiro atoms. The predicted molar refractivity (Wildman–Crippen MR) is 85.6 cm³/mol. The maximum absolute atomic E-state index is 14.2. The molecule has 1 N–H and O–H groups in total. The van der Waals surface area contributed by atoms with Crippen molar-refractivity contribution in [3.05, 3.63) is 68.7 Å². The Labute approximate surface area is 136 Å². The van der Waals surface area contributed by atoms with E-state index in [4.69, 9.17) is 11.6 Å². The molecule has 0 saturated heterocycles. The fraction of sp³-hybridized carbons (Fsp3) is 0.250. The van der Waals surface area contributed by atoms with E-state index < -0.39 is 5.82 Å². The summed E-state index contributed by atoms with van der Waals surface area (Å²) >= 11 is 9.16. The lowest BCUT2D eigenvalue weighted by atomic mass is 9.98. The SMILES string of the molecule is CCNC(Cc1cc(Br)ccc1F)c1cccc(Cl)c1F. The van der Waals surface area contributed by atoms with E-state index in [2.05, 4.69) is 21.2 Å². The summed E-state index contributed by atoms with van der Waals surface area (Å²) in [4.78, 5) is 0. The van der Waals surface area contributed by atoms with E-state index in [1.165, 1.54) is 12.1 Å². The molecule has 0 aromatic heterocycles. The van der Waals surface area contributed by atoms with Gasteiger partial charge in [-0.15, -0.1) is 0 Å². The molecule has 1 atom stereocenters. The molecule has 0 aliphatic rings. The van der Waals surface area contributed by atoms with E-state index in [1.807, 2.05) is 6.92 Å². The van der Waals surface area contributed by atoms with Gasteiger partial charge >= 0.3 is 0 Å². The molecule has 21 heavy (non-hydrogen) atoms. The van der Waals surface area contributed by atoms with Gasteiger partial charge in [0.25, 0.3) is 0 Å². The molecule has 2 rings (SSSR count). The molecule has 0 aliphatic heterocycles. The first-order valence-corrected chi connectivity index (χ1v) is 7.81. The highest BCUT2D eigenvalue weighted by Gasteiger charge is 2.19. The summed E-state index contributed by atoms with van der Waals surface area (Å²) in [6, 6.07) is 9.29. The second-order valence-corrected chi connectivity index (χ2v) is 6.02. The van der Waals surface area contributed by atoms with Crippen molar-refractivity contribution in [1.82, 2.24) is 5.32 Å². The van der Waals surface area contributed by atoms with Gasteiger partial charge in [-0.05, 0) is 42.8 Å². The zero-order chi connectivity index (χ0) is 15.4. The van der Waals surface area contributed by atoms with Crippen molar-refractivity contribution >= 4 is 27.5 Å². The molecular formula is C16H15BrClF2N. The number of hydrogen-bond donors (Lipinski definition) is 1. The summed E-state index contributed by atoms with van der Waals surface area (Å²) in [6.07, 6.45) is 0.344. The first-order valence-electron chi connectivity index (χ1n) is 6.64. The van der Waals surface area contributed by atoms with Gasteiger partial charge in [0.15, 0.2) is 0 Å². The van der Waals surface area contributed by atoms with Crippen LogP contribution in [0.15, 0.2) is 40.9 Å². The molecule has 0 heterocycles.